The number of nitrogens with zero attached hydrogens (tertiary/aromatic N) is 2. The Morgan fingerprint density at radius 1 is 1.06 bits per heavy atom. The maximum Gasteiger partial charge on any atom is 0.340 e. The molecule has 11 nitrogen and oxygen atoms in total. The highest BCUT2D eigenvalue weighted by Gasteiger charge is 2.29. The maximum atomic E-state index is 13.1. The molecule has 2 saturated heterocycles. The summed E-state index contributed by atoms with van der Waals surface area (Å²) in [7, 11) is -3.77. The lowest BCUT2D eigenvalue weighted by Gasteiger charge is -2.31. The predicted octanol–water partition coefficient (Wildman–Crippen LogP) is 0.0495. The van der Waals surface area contributed by atoms with Gasteiger partial charge in [0.05, 0.1) is 29.4 Å². The highest BCUT2D eigenvalue weighted by atomic mass is 32.2. The van der Waals surface area contributed by atoms with Gasteiger partial charge in [0.1, 0.15) is 0 Å². The van der Waals surface area contributed by atoms with Crippen molar-refractivity contribution in [3.05, 3.63) is 23.8 Å². The van der Waals surface area contributed by atoms with Gasteiger partial charge in [-0.05, 0) is 31.0 Å². The van der Waals surface area contributed by atoms with E-state index in [2.05, 4.69) is 0 Å². The minimum atomic E-state index is -3.77. The average molecular weight is 455 g/mol. The number of rotatable bonds is 6. The molecule has 0 radical (unpaired) electrons. The van der Waals surface area contributed by atoms with Gasteiger partial charge < -0.3 is 20.1 Å². The molecule has 2 aliphatic heterocycles. The largest absolute Gasteiger partial charge is 0.452 e. The van der Waals surface area contributed by atoms with Gasteiger partial charge in [-0.15, -0.1) is 0 Å². The molecule has 0 atom stereocenters. The van der Waals surface area contributed by atoms with Crippen molar-refractivity contribution in [1.82, 2.24) is 9.62 Å². The fourth-order valence-corrected chi connectivity index (χ4v) is 5.10. The minimum absolute atomic E-state index is 0.0139. The van der Waals surface area contributed by atoms with E-state index >= 15 is 0 Å². The Hall–Kier alpha value is -2.70. The number of nitrogens with one attached hydrogen (secondary N) is 1. The molecule has 3 N–H and O–H groups in total. The Balaban J connectivity index is 1.89. The second-order valence-corrected chi connectivity index (χ2v) is 9.17. The topological polar surface area (TPSA) is 148 Å². The van der Waals surface area contributed by atoms with E-state index < -0.39 is 34.5 Å². The summed E-state index contributed by atoms with van der Waals surface area (Å²) in [6, 6.07) is 3.26. The van der Waals surface area contributed by atoms with E-state index in [0.29, 0.717) is 45.1 Å². The third kappa shape index (κ3) is 5.71. The first kappa shape index (κ1) is 23.0. The van der Waals surface area contributed by atoms with Crippen molar-refractivity contribution in [1.29, 1.82) is 0 Å². The summed E-state index contributed by atoms with van der Waals surface area (Å²) in [5, 5.41) is 1.80. The molecule has 0 saturated carbocycles. The van der Waals surface area contributed by atoms with Gasteiger partial charge in [-0.2, -0.15) is 4.31 Å². The van der Waals surface area contributed by atoms with E-state index in [4.69, 9.17) is 15.2 Å². The average Bonchev–Trinajstić information content (AvgIpc) is 2.77. The minimum Gasteiger partial charge on any atom is -0.452 e. The number of benzene rings is 1. The molecular formula is C19H26N4O7S. The monoisotopic (exact) mass is 454 g/mol. The van der Waals surface area contributed by atoms with Crippen molar-refractivity contribution in [2.24, 2.45) is 5.73 Å². The number of carbonyl (C=O) groups is 3. The number of carbonyl (C=O) groups excluding carboxylic acids is 3. The summed E-state index contributed by atoms with van der Waals surface area (Å²) in [6.45, 7) is 2.09. The molecule has 2 fully saturated rings. The lowest BCUT2D eigenvalue weighted by molar-refractivity contribution is -0.123. The highest BCUT2D eigenvalue weighted by Crippen LogP contribution is 2.28. The van der Waals surface area contributed by atoms with Crippen molar-refractivity contribution in [3.8, 4) is 0 Å². The molecule has 170 valence electrons. The maximum absolute atomic E-state index is 13.1. The van der Waals surface area contributed by atoms with Gasteiger partial charge in [0, 0.05) is 26.2 Å². The van der Waals surface area contributed by atoms with E-state index in [-0.39, 0.29) is 10.5 Å². The zero-order valence-electron chi connectivity index (χ0n) is 17.0. The van der Waals surface area contributed by atoms with Crippen LogP contribution in [0.1, 0.15) is 29.6 Å². The molecule has 1 aromatic rings. The van der Waals surface area contributed by atoms with Crippen molar-refractivity contribution >= 4 is 33.6 Å². The molecule has 0 spiro atoms. The Kier molecular flexibility index (Phi) is 7.46. The zero-order chi connectivity index (χ0) is 22.4. The summed E-state index contributed by atoms with van der Waals surface area (Å²) < 4.78 is 37.9. The van der Waals surface area contributed by atoms with Gasteiger partial charge in [-0.1, -0.05) is 6.42 Å². The number of hydrogen-bond acceptors (Lipinski definition) is 8. The van der Waals surface area contributed by atoms with Crippen molar-refractivity contribution < 1.29 is 32.3 Å². The third-order valence-electron chi connectivity index (χ3n) is 5.09. The van der Waals surface area contributed by atoms with Crippen LogP contribution in [0.3, 0.4) is 0 Å². The van der Waals surface area contributed by atoms with Crippen molar-refractivity contribution in [3.63, 3.8) is 0 Å². The van der Waals surface area contributed by atoms with E-state index in [0.717, 1.165) is 19.3 Å². The normalized spacial score (nSPS) is 17.7. The molecule has 0 unspecified atom stereocenters. The third-order valence-corrected chi connectivity index (χ3v) is 6.98. The summed E-state index contributed by atoms with van der Waals surface area (Å²) in [4.78, 5) is 37.0. The molecule has 3 amide bonds. The van der Waals surface area contributed by atoms with Crippen molar-refractivity contribution in [2.75, 3.05) is 50.9 Å². The number of piperidine rings is 1. The van der Waals surface area contributed by atoms with Crippen LogP contribution in [-0.2, 0) is 24.3 Å². The summed E-state index contributed by atoms with van der Waals surface area (Å²) in [6.07, 6.45) is 2.55. The van der Waals surface area contributed by atoms with Crippen LogP contribution in [0.5, 0.6) is 0 Å². The molecule has 0 aromatic heterocycles. The van der Waals surface area contributed by atoms with Crippen LogP contribution in [0, 0.1) is 0 Å². The number of anilines is 1. The number of morpholine rings is 1. The number of esters is 1. The van der Waals surface area contributed by atoms with E-state index in [1.54, 1.807) is 11.4 Å². The predicted molar refractivity (Wildman–Crippen MR) is 110 cm³/mol. The fourth-order valence-electron chi connectivity index (χ4n) is 3.56. The SMILES string of the molecule is NC(=O)NC(=O)COC(=O)c1cc(S(=O)(=O)N2CCCCC2)ccc1N1CCOCC1. The first-order valence-electron chi connectivity index (χ1n) is 10.0. The van der Waals surface area contributed by atoms with Crippen LogP contribution in [0.2, 0.25) is 0 Å². The molecular weight excluding hydrogens is 428 g/mol. The summed E-state index contributed by atoms with van der Waals surface area (Å²) >= 11 is 0. The number of hydrogen-bond donors (Lipinski definition) is 2. The van der Waals surface area contributed by atoms with Gasteiger partial charge in [-0.25, -0.2) is 18.0 Å². The Bertz CT molecular complexity index is 939. The second kappa shape index (κ2) is 10.1. The Morgan fingerprint density at radius 3 is 2.39 bits per heavy atom. The standard InChI is InChI=1S/C19H26N4O7S/c20-19(26)21-17(24)13-30-18(25)15-12-14(31(27,28)23-6-2-1-3-7-23)4-5-16(15)22-8-10-29-11-9-22/h4-5,12H,1-3,6-11,13H2,(H3,20,21,24,26). The van der Waals surface area contributed by atoms with Crippen LogP contribution in [0.15, 0.2) is 23.1 Å². The lowest BCUT2D eigenvalue weighted by atomic mass is 10.1. The molecule has 2 aliphatic rings. The fraction of sp³-hybridized carbons (Fsp3) is 0.526. The van der Waals surface area contributed by atoms with E-state index in [9.17, 15) is 22.8 Å². The van der Waals surface area contributed by atoms with Crippen LogP contribution in [0.25, 0.3) is 0 Å². The van der Waals surface area contributed by atoms with Gasteiger partial charge in [-0.3, -0.25) is 10.1 Å². The molecule has 0 aliphatic carbocycles. The Labute approximate surface area is 180 Å². The second-order valence-electron chi connectivity index (χ2n) is 7.23. The number of primary amides is 1. The van der Waals surface area contributed by atoms with Crippen LogP contribution in [0.4, 0.5) is 10.5 Å². The quantitative estimate of drug-likeness (QED) is 0.573. The number of urea groups is 1. The molecule has 0 bridgehead atoms. The van der Waals surface area contributed by atoms with Crippen molar-refractivity contribution in [2.45, 2.75) is 24.2 Å². The number of nitrogens with two attached hydrogens (primary N) is 1. The van der Waals surface area contributed by atoms with Gasteiger partial charge in [0.25, 0.3) is 5.91 Å². The number of amides is 3. The van der Waals surface area contributed by atoms with E-state index in [1.807, 2.05) is 4.90 Å². The smallest absolute Gasteiger partial charge is 0.340 e. The number of sulfonamides is 1. The van der Waals surface area contributed by atoms with Gasteiger partial charge in [0.2, 0.25) is 10.0 Å². The van der Waals surface area contributed by atoms with Crippen LogP contribution >= 0.6 is 0 Å². The highest BCUT2D eigenvalue weighted by molar-refractivity contribution is 7.89. The lowest BCUT2D eigenvalue weighted by Crippen LogP contribution is -2.39. The zero-order valence-corrected chi connectivity index (χ0v) is 17.9. The first-order valence-corrected chi connectivity index (χ1v) is 11.5. The number of imide groups is 1. The molecule has 12 heteroatoms. The summed E-state index contributed by atoms with van der Waals surface area (Å²) in [5.41, 5.74) is 5.38. The molecule has 1 aromatic carbocycles. The molecule has 31 heavy (non-hydrogen) atoms. The number of ether oxygens (including phenoxy) is 2. The Morgan fingerprint density at radius 2 is 1.74 bits per heavy atom. The molecule has 2 heterocycles. The molecule has 3 rings (SSSR count). The van der Waals surface area contributed by atoms with Gasteiger partial charge in [0.15, 0.2) is 6.61 Å². The summed E-state index contributed by atoms with van der Waals surface area (Å²) in [5.74, 6) is -1.76. The van der Waals surface area contributed by atoms with Crippen LogP contribution < -0.4 is 16.0 Å². The van der Waals surface area contributed by atoms with E-state index in [1.165, 1.54) is 16.4 Å². The van der Waals surface area contributed by atoms with Gasteiger partial charge >= 0.3 is 12.0 Å². The first-order chi connectivity index (χ1) is 14.8. The van der Waals surface area contributed by atoms with Crippen LogP contribution in [-0.4, -0.2) is 76.6 Å².